The predicted molar refractivity (Wildman–Crippen MR) is 93.9 cm³/mol. The van der Waals surface area contributed by atoms with Gasteiger partial charge in [-0.15, -0.1) is 0 Å². The minimum atomic E-state index is -3.65. The number of carbonyl (C=O) groups excluding carboxylic acids is 1. The van der Waals surface area contributed by atoms with Crippen LogP contribution in [0.25, 0.3) is 0 Å². The first kappa shape index (κ1) is 18.3. The van der Waals surface area contributed by atoms with Gasteiger partial charge in [0.1, 0.15) is 0 Å². The summed E-state index contributed by atoms with van der Waals surface area (Å²) in [6, 6.07) is 7.25. The van der Waals surface area contributed by atoms with Crippen molar-refractivity contribution in [1.29, 1.82) is 0 Å². The maximum Gasteiger partial charge on any atom is 0.251 e. The van der Waals surface area contributed by atoms with E-state index in [1.807, 2.05) is 0 Å². The van der Waals surface area contributed by atoms with E-state index >= 15 is 0 Å². The summed E-state index contributed by atoms with van der Waals surface area (Å²) < 4.78 is 31.8. The first-order chi connectivity index (χ1) is 12.0. The molecule has 3 N–H and O–H groups in total. The number of hydrogen-bond acceptors (Lipinski definition) is 5. The van der Waals surface area contributed by atoms with Crippen molar-refractivity contribution in [3.63, 3.8) is 0 Å². The van der Waals surface area contributed by atoms with E-state index in [9.17, 15) is 13.2 Å². The molecule has 2 aliphatic rings. The molecule has 0 spiro atoms. The molecule has 2 aliphatic heterocycles. The highest BCUT2D eigenvalue weighted by Crippen LogP contribution is 2.27. The Morgan fingerprint density at radius 2 is 2.00 bits per heavy atom. The quantitative estimate of drug-likeness (QED) is 0.614. The van der Waals surface area contributed by atoms with Gasteiger partial charge in [0.25, 0.3) is 5.91 Å². The second-order valence-corrected chi connectivity index (χ2v) is 8.47. The maximum atomic E-state index is 12.5. The minimum Gasteiger partial charge on any atom is -0.383 e. The van der Waals surface area contributed by atoms with E-state index in [1.54, 1.807) is 12.1 Å². The van der Waals surface area contributed by atoms with Gasteiger partial charge in [0.05, 0.1) is 11.5 Å². The van der Waals surface area contributed by atoms with E-state index in [1.165, 1.54) is 19.2 Å². The van der Waals surface area contributed by atoms with Gasteiger partial charge in [-0.3, -0.25) is 4.79 Å². The zero-order valence-corrected chi connectivity index (χ0v) is 15.1. The molecule has 25 heavy (non-hydrogen) atoms. The summed E-state index contributed by atoms with van der Waals surface area (Å²) in [7, 11) is -2.14. The van der Waals surface area contributed by atoms with E-state index in [4.69, 9.17) is 4.74 Å². The summed E-state index contributed by atoms with van der Waals surface area (Å²) in [5.74, 6) is -0.222. The van der Waals surface area contributed by atoms with E-state index in [0.29, 0.717) is 17.6 Å². The highest BCUT2D eigenvalue weighted by atomic mass is 32.2. The number of benzene rings is 1. The van der Waals surface area contributed by atoms with E-state index < -0.39 is 10.0 Å². The van der Waals surface area contributed by atoms with E-state index in [-0.39, 0.29) is 30.0 Å². The van der Waals surface area contributed by atoms with Gasteiger partial charge in [-0.2, -0.15) is 0 Å². The van der Waals surface area contributed by atoms with Crippen LogP contribution in [0.4, 0.5) is 0 Å². The summed E-state index contributed by atoms with van der Waals surface area (Å²) in [5.41, 5.74) is 0.362. The molecule has 2 heterocycles. The number of amides is 1. The Kier molecular flexibility index (Phi) is 5.73. The Balaban J connectivity index is 1.65. The smallest absolute Gasteiger partial charge is 0.251 e. The van der Waals surface area contributed by atoms with Crippen molar-refractivity contribution in [3.8, 4) is 0 Å². The normalized spacial score (nSPS) is 25.7. The number of methoxy groups -OCH3 is 1. The van der Waals surface area contributed by atoms with Gasteiger partial charge in [-0.25, -0.2) is 13.1 Å². The lowest BCUT2D eigenvalue weighted by Crippen LogP contribution is -2.48. The number of nitrogens with one attached hydrogen (secondary N) is 3. The molecule has 1 aromatic rings. The Hall–Kier alpha value is -1.48. The minimum absolute atomic E-state index is 0.0848. The van der Waals surface area contributed by atoms with Crippen molar-refractivity contribution >= 4 is 15.9 Å². The first-order valence-corrected chi connectivity index (χ1v) is 10.1. The second-order valence-electron chi connectivity index (χ2n) is 6.70. The number of fused-ring (bicyclic) bond motifs is 2. The summed E-state index contributed by atoms with van der Waals surface area (Å²) in [6.07, 6.45) is 4.19. The molecule has 0 radical (unpaired) electrons. The second kappa shape index (κ2) is 7.82. The lowest BCUT2D eigenvalue weighted by atomic mass is 9.99. The third kappa shape index (κ3) is 4.58. The topological polar surface area (TPSA) is 96.5 Å². The number of piperidine rings is 1. The molecule has 1 aromatic carbocycles. The van der Waals surface area contributed by atoms with Crippen LogP contribution in [0.5, 0.6) is 0 Å². The van der Waals surface area contributed by atoms with Crippen molar-refractivity contribution in [2.75, 3.05) is 20.3 Å². The molecule has 0 aliphatic carbocycles. The monoisotopic (exact) mass is 367 g/mol. The fraction of sp³-hybridized carbons (Fsp3) is 0.588. The molecule has 2 fully saturated rings. The van der Waals surface area contributed by atoms with Gasteiger partial charge < -0.3 is 15.4 Å². The molecule has 8 heteroatoms. The lowest BCUT2D eigenvalue weighted by Gasteiger charge is -2.29. The SMILES string of the molecule is COCCNS(=O)(=O)c1cccc(C(=O)NC2CC3CCC(C2)N3)c1. The third-order valence-corrected chi connectivity index (χ3v) is 6.27. The molecule has 3 rings (SSSR count). The molecule has 7 nitrogen and oxygen atoms in total. The van der Waals surface area contributed by atoms with Crippen LogP contribution in [0.2, 0.25) is 0 Å². The third-order valence-electron chi connectivity index (χ3n) is 4.81. The molecule has 1 amide bonds. The van der Waals surface area contributed by atoms with Crippen molar-refractivity contribution in [2.24, 2.45) is 0 Å². The van der Waals surface area contributed by atoms with Crippen LogP contribution in [0.1, 0.15) is 36.0 Å². The molecule has 2 bridgehead atoms. The number of carbonyl (C=O) groups is 1. The largest absolute Gasteiger partial charge is 0.383 e. The zero-order chi connectivity index (χ0) is 17.9. The highest BCUT2D eigenvalue weighted by molar-refractivity contribution is 7.89. The number of ether oxygens (including phenoxy) is 1. The van der Waals surface area contributed by atoms with Crippen LogP contribution in [0, 0.1) is 0 Å². The summed E-state index contributed by atoms with van der Waals surface area (Å²) in [5, 5.41) is 6.59. The summed E-state index contributed by atoms with van der Waals surface area (Å²) in [6.45, 7) is 0.477. The predicted octanol–water partition coefficient (Wildman–Crippen LogP) is 0.624. The fourth-order valence-corrected chi connectivity index (χ4v) is 4.67. The molecule has 2 saturated heterocycles. The molecule has 138 valence electrons. The van der Waals surface area contributed by atoms with Crippen molar-refractivity contribution in [1.82, 2.24) is 15.4 Å². The molecule has 2 atom stereocenters. The summed E-state index contributed by atoms with van der Waals surface area (Å²) in [4.78, 5) is 12.6. The first-order valence-electron chi connectivity index (χ1n) is 8.63. The number of sulfonamides is 1. The Morgan fingerprint density at radius 1 is 1.28 bits per heavy atom. The van der Waals surface area contributed by atoms with Crippen molar-refractivity contribution in [3.05, 3.63) is 29.8 Å². The number of hydrogen-bond donors (Lipinski definition) is 3. The van der Waals surface area contributed by atoms with Crippen LogP contribution in [-0.2, 0) is 14.8 Å². The lowest BCUT2D eigenvalue weighted by molar-refractivity contribution is 0.0923. The van der Waals surface area contributed by atoms with Crippen LogP contribution in [-0.4, -0.2) is 52.7 Å². The van der Waals surface area contributed by atoms with Crippen LogP contribution < -0.4 is 15.4 Å². The van der Waals surface area contributed by atoms with Gasteiger partial charge in [0.2, 0.25) is 10.0 Å². The van der Waals surface area contributed by atoms with Gasteiger partial charge in [-0.1, -0.05) is 6.07 Å². The average Bonchev–Trinajstić information content (AvgIpc) is 2.93. The van der Waals surface area contributed by atoms with Crippen LogP contribution in [0.15, 0.2) is 29.2 Å². The van der Waals surface area contributed by atoms with Gasteiger partial charge in [0.15, 0.2) is 0 Å². The Bertz CT molecular complexity index is 710. The Labute approximate surface area is 148 Å². The fourth-order valence-electron chi connectivity index (χ4n) is 3.61. The molecule has 0 aromatic heterocycles. The maximum absolute atomic E-state index is 12.5. The van der Waals surface area contributed by atoms with Gasteiger partial charge in [0, 0.05) is 37.3 Å². The van der Waals surface area contributed by atoms with Gasteiger partial charge in [-0.05, 0) is 43.9 Å². The van der Waals surface area contributed by atoms with Crippen molar-refractivity contribution < 1.29 is 17.9 Å². The standard InChI is InChI=1S/C17H25N3O4S/c1-24-8-7-18-25(22,23)16-4-2-3-12(9-16)17(21)20-15-10-13-5-6-14(11-15)19-13/h2-4,9,13-15,18-19H,5-8,10-11H2,1H3,(H,20,21). The van der Waals surface area contributed by atoms with Crippen LogP contribution in [0.3, 0.4) is 0 Å². The molecule has 2 unspecified atom stereocenters. The van der Waals surface area contributed by atoms with Crippen LogP contribution >= 0.6 is 0 Å². The van der Waals surface area contributed by atoms with E-state index in [2.05, 4.69) is 15.4 Å². The molecule has 0 saturated carbocycles. The molecular weight excluding hydrogens is 342 g/mol. The average molecular weight is 367 g/mol. The Morgan fingerprint density at radius 3 is 2.68 bits per heavy atom. The zero-order valence-electron chi connectivity index (χ0n) is 14.3. The van der Waals surface area contributed by atoms with Gasteiger partial charge >= 0.3 is 0 Å². The summed E-state index contributed by atoms with van der Waals surface area (Å²) >= 11 is 0. The molecular formula is C17H25N3O4S. The van der Waals surface area contributed by atoms with Crippen molar-refractivity contribution in [2.45, 2.75) is 48.7 Å². The highest BCUT2D eigenvalue weighted by Gasteiger charge is 2.34. The van der Waals surface area contributed by atoms with E-state index in [0.717, 1.165) is 25.7 Å². The number of rotatable bonds is 7.